The fraction of sp³-hybridized carbons (Fsp3) is 0.583. The first-order chi connectivity index (χ1) is 10.5. The summed E-state index contributed by atoms with van der Waals surface area (Å²) in [6.45, 7) is -0.0662. The molecule has 0 spiro atoms. The van der Waals surface area contributed by atoms with E-state index in [0.717, 1.165) is 0 Å². The Balaban J connectivity index is 1.81. The number of hydroxylamine groups is 2. The molecule has 2 saturated heterocycles. The van der Waals surface area contributed by atoms with E-state index in [1.807, 2.05) is 6.07 Å². The highest BCUT2D eigenvalue weighted by atomic mass is 32.1. The van der Waals surface area contributed by atoms with Crippen LogP contribution in [0.5, 0.6) is 0 Å². The van der Waals surface area contributed by atoms with Crippen LogP contribution in [0.4, 0.5) is 0 Å². The first kappa shape index (κ1) is 16.1. The van der Waals surface area contributed by atoms with Crippen LogP contribution < -0.4 is 5.32 Å². The highest BCUT2D eigenvalue weighted by molar-refractivity contribution is 7.80. The van der Waals surface area contributed by atoms with E-state index >= 15 is 0 Å². The third-order valence-corrected chi connectivity index (χ3v) is 3.28. The molecule has 0 saturated carbocycles. The summed E-state index contributed by atoms with van der Waals surface area (Å²) in [4.78, 5) is 44.7. The quantitative estimate of drug-likeness (QED) is 0.527. The molecule has 0 aromatic heterocycles. The summed E-state index contributed by atoms with van der Waals surface area (Å²) < 4.78 is 4.73. The number of amides is 1. The summed E-state index contributed by atoms with van der Waals surface area (Å²) in [6.07, 6.45) is -0.120. The van der Waals surface area contributed by atoms with Gasteiger partial charge in [0.15, 0.2) is 0 Å². The summed E-state index contributed by atoms with van der Waals surface area (Å²) in [6, 6.07) is 1.15. The third kappa shape index (κ3) is 3.90. The van der Waals surface area contributed by atoms with Gasteiger partial charge < -0.3 is 14.9 Å². The van der Waals surface area contributed by atoms with Gasteiger partial charge >= 0.3 is 17.8 Å². The van der Waals surface area contributed by atoms with Crippen molar-refractivity contribution in [1.82, 2.24) is 10.5 Å². The molecule has 22 heavy (non-hydrogen) atoms. The molecule has 1 unspecified atom stereocenters. The molecule has 2 fully saturated rings. The number of nitrogens with zero attached hydrogens (tertiary/aromatic N) is 2. The number of cyclic esters (lactones) is 1. The van der Waals surface area contributed by atoms with Crippen LogP contribution in [-0.4, -0.2) is 46.8 Å². The van der Waals surface area contributed by atoms with Gasteiger partial charge in [-0.15, -0.1) is 0 Å². The Morgan fingerprint density at radius 2 is 2.32 bits per heavy atom. The molecule has 2 aliphatic rings. The summed E-state index contributed by atoms with van der Waals surface area (Å²) in [5.41, 5.74) is 0. The van der Waals surface area contributed by atoms with E-state index in [1.165, 1.54) is 0 Å². The van der Waals surface area contributed by atoms with Crippen molar-refractivity contribution in [3.05, 3.63) is 0 Å². The van der Waals surface area contributed by atoms with E-state index in [2.05, 4.69) is 5.32 Å². The van der Waals surface area contributed by atoms with Crippen molar-refractivity contribution in [2.45, 2.75) is 37.8 Å². The van der Waals surface area contributed by atoms with Crippen molar-refractivity contribution >= 4 is 35.1 Å². The zero-order chi connectivity index (χ0) is 16.1. The van der Waals surface area contributed by atoms with Gasteiger partial charge in [0, 0.05) is 25.7 Å². The van der Waals surface area contributed by atoms with Gasteiger partial charge in [0.05, 0.1) is 11.1 Å². The standard InChI is InChI=1S/C12H13N3O6S/c13-5-1-2-9(22)14-7-6-19-15(11(7)17)21-12(18)8-3-4-10(16)20-8/h7-8H,1-4,6H2,(H,14,22)/t7-,8?/m0/s1. The molecular formula is C12H13N3O6S. The number of ether oxygens (including phenoxy) is 1. The lowest BCUT2D eigenvalue weighted by Gasteiger charge is -2.15. The first-order valence-corrected chi connectivity index (χ1v) is 6.96. The normalized spacial score (nSPS) is 23.9. The van der Waals surface area contributed by atoms with E-state index in [0.29, 0.717) is 16.6 Å². The minimum Gasteiger partial charge on any atom is -0.450 e. The van der Waals surface area contributed by atoms with Crippen molar-refractivity contribution in [3.63, 3.8) is 0 Å². The average molecular weight is 327 g/mol. The molecule has 1 amide bonds. The summed E-state index contributed by atoms with van der Waals surface area (Å²) in [7, 11) is 0. The summed E-state index contributed by atoms with van der Waals surface area (Å²) in [5.74, 6) is -1.98. The first-order valence-electron chi connectivity index (χ1n) is 6.55. The van der Waals surface area contributed by atoms with Crippen LogP contribution >= 0.6 is 12.2 Å². The second kappa shape index (κ2) is 7.15. The van der Waals surface area contributed by atoms with Gasteiger partial charge in [-0.3, -0.25) is 9.59 Å². The van der Waals surface area contributed by atoms with Gasteiger partial charge in [0.1, 0.15) is 12.6 Å². The predicted octanol–water partition coefficient (Wildman–Crippen LogP) is -0.487. The minimum atomic E-state index is -1.02. The molecule has 10 heteroatoms. The number of carbonyl (C=O) groups excluding carboxylic acids is 3. The van der Waals surface area contributed by atoms with E-state index in [1.54, 1.807) is 0 Å². The lowest BCUT2D eigenvalue weighted by molar-refractivity contribution is -0.306. The number of thiocarbonyl (C=S) groups is 1. The second-order valence-electron chi connectivity index (χ2n) is 4.60. The van der Waals surface area contributed by atoms with Crippen LogP contribution in [0.25, 0.3) is 0 Å². The van der Waals surface area contributed by atoms with E-state index in [4.69, 9.17) is 31.9 Å². The van der Waals surface area contributed by atoms with E-state index < -0.39 is 30.0 Å². The monoisotopic (exact) mass is 327 g/mol. The highest BCUT2D eigenvalue weighted by Gasteiger charge is 2.40. The van der Waals surface area contributed by atoms with Crippen molar-refractivity contribution in [3.8, 4) is 6.07 Å². The maximum absolute atomic E-state index is 12.0. The molecule has 9 nitrogen and oxygen atoms in total. The molecule has 0 radical (unpaired) electrons. The van der Waals surface area contributed by atoms with Crippen LogP contribution in [0.3, 0.4) is 0 Å². The van der Waals surface area contributed by atoms with Crippen LogP contribution in [0.1, 0.15) is 25.7 Å². The number of hydrogen-bond acceptors (Lipinski definition) is 8. The largest absolute Gasteiger partial charge is 0.450 e. The highest BCUT2D eigenvalue weighted by Crippen LogP contribution is 2.17. The molecule has 0 aromatic rings. The van der Waals surface area contributed by atoms with Gasteiger partial charge in [-0.05, 0) is 5.23 Å². The molecular weight excluding hydrogens is 314 g/mol. The third-order valence-electron chi connectivity index (χ3n) is 2.96. The topological polar surface area (TPSA) is 118 Å². The summed E-state index contributed by atoms with van der Waals surface area (Å²) in [5, 5.41) is 11.6. The number of carbonyl (C=O) groups is 3. The molecule has 118 valence electrons. The Morgan fingerprint density at radius 1 is 1.55 bits per heavy atom. The molecule has 0 bridgehead atoms. The fourth-order valence-corrected chi connectivity index (χ4v) is 2.09. The molecule has 2 rings (SSSR count). The second-order valence-corrected chi connectivity index (χ2v) is 5.09. The fourth-order valence-electron chi connectivity index (χ4n) is 1.85. The van der Waals surface area contributed by atoms with Crippen molar-refractivity contribution in [1.29, 1.82) is 5.26 Å². The van der Waals surface area contributed by atoms with E-state index in [9.17, 15) is 14.4 Å². The van der Waals surface area contributed by atoms with Gasteiger partial charge in [-0.25, -0.2) is 9.63 Å². The predicted molar refractivity (Wildman–Crippen MR) is 72.4 cm³/mol. The number of nitriles is 1. The SMILES string of the molecule is N#CCCC(=S)N[C@H]1CON(OC(=O)C2CCC(=O)O2)C1=O. The Kier molecular flexibility index (Phi) is 5.24. The number of esters is 1. The van der Waals surface area contributed by atoms with Gasteiger partial charge in [-0.1, -0.05) is 12.2 Å². The zero-order valence-corrected chi connectivity index (χ0v) is 12.3. The Morgan fingerprint density at radius 3 is 2.95 bits per heavy atom. The molecule has 0 aliphatic carbocycles. The average Bonchev–Trinajstić information content (AvgIpc) is 3.06. The van der Waals surface area contributed by atoms with Crippen LogP contribution in [0.15, 0.2) is 0 Å². The lowest BCUT2D eigenvalue weighted by atomic mass is 10.2. The van der Waals surface area contributed by atoms with Crippen LogP contribution in [0.2, 0.25) is 0 Å². The van der Waals surface area contributed by atoms with Crippen molar-refractivity contribution < 1.29 is 28.8 Å². The molecule has 0 aromatic carbocycles. The Hall–Kier alpha value is -2.25. The Labute approximate surface area is 131 Å². The Bertz CT molecular complexity index is 545. The number of rotatable bonds is 5. The van der Waals surface area contributed by atoms with Crippen molar-refractivity contribution in [2.24, 2.45) is 0 Å². The smallest absolute Gasteiger partial charge is 0.375 e. The lowest BCUT2D eigenvalue weighted by Crippen LogP contribution is -2.43. The van der Waals surface area contributed by atoms with Crippen molar-refractivity contribution in [2.75, 3.05) is 6.61 Å². The molecule has 2 atom stereocenters. The van der Waals surface area contributed by atoms with Gasteiger partial charge in [0.2, 0.25) is 6.10 Å². The zero-order valence-electron chi connectivity index (χ0n) is 11.4. The minimum absolute atomic E-state index is 0.0662. The molecule has 2 aliphatic heterocycles. The maximum atomic E-state index is 12.0. The number of nitrogens with one attached hydrogen (secondary N) is 1. The van der Waals surface area contributed by atoms with Crippen LogP contribution in [0, 0.1) is 11.3 Å². The maximum Gasteiger partial charge on any atom is 0.375 e. The van der Waals surface area contributed by atoms with Gasteiger partial charge in [-0.2, -0.15) is 5.26 Å². The van der Waals surface area contributed by atoms with E-state index in [-0.39, 0.29) is 25.9 Å². The molecule has 1 N–H and O–H groups in total. The molecule has 2 heterocycles. The summed E-state index contributed by atoms with van der Waals surface area (Å²) >= 11 is 4.98. The number of hydrogen-bond donors (Lipinski definition) is 1. The van der Waals surface area contributed by atoms with Crippen LogP contribution in [-0.2, 0) is 28.8 Å². The van der Waals surface area contributed by atoms with Gasteiger partial charge in [0.25, 0.3) is 0 Å².